The van der Waals surface area contributed by atoms with Gasteiger partial charge in [0, 0.05) is 17.3 Å². The van der Waals surface area contributed by atoms with Crippen LogP contribution in [0.25, 0.3) is 22.1 Å². The number of nitrogens with zero attached hydrogens (tertiary/aromatic N) is 3. The lowest BCUT2D eigenvalue weighted by molar-refractivity contribution is 0.407. The van der Waals surface area contributed by atoms with E-state index in [9.17, 15) is 4.21 Å². The van der Waals surface area contributed by atoms with E-state index in [1.54, 1.807) is 19.6 Å². The lowest BCUT2D eigenvalue weighted by Gasteiger charge is -2.11. The van der Waals surface area contributed by atoms with Gasteiger partial charge in [0.25, 0.3) is 0 Å². The van der Waals surface area contributed by atoms with E-state index >= 15 is 0 Å². The Balaban J connectivity index is 1.71. The monoisotopic (exact) mass is 355 g/mol. The van der Waals surface area contributed by atoms with Crippen LogP contribution in [-0.4, -0.2) is 36.2 Å². The van der Waals surface area contributed by atoms with Gasteiger partial charge in [0.05, 0.1) is 46.7 Å². The number of aryl methyl sites for hydroxylation is 1. The molecular formula is C17H17N5O2S. The average molecular weight is 355 g/mol. The molecule has 0 aliphatic heterocycles. The maximum atomic E-state index is 12.8. The van der Waals surface area contributed by atoms with Gasteiger partial charge in [-0.05, 0) is 26.0 Å². The molecule has 7 nitrogen and oxygen atoms in total. The van der Waals surface area contributed by atoms with E-state index in [0.29, 0.717) is 10.7 Å². The molecule has 0 saturated heterocycles. The minimum atomic E-state index is -1.35. The second-order valence-corrected chi connectivity index (χ2v) is 7.20. The van der Waals surface area contributed by atoms with Gasteiger partial charge >= 0.3 is 0 Å². The van der Waals surface area contributed by atoms with Crippen molar-refractivity contribution in [2.75, 3.05) is 7.11 Å². The topological polar surface area (TPSA) is 96.6 Å². The number of ether oxygens (including phenoxy) is 1. The number of fused-ring (bicyclic) bond motifs is 3. The third-order valence-corrected chi connectivity index (χ3v) is 5.41. The number of pyridine rings is 1. The maximum absolute atomic E-state index is 12.8. The highest BCUT2D eigenvalue weighted by Gasteiger charge is 2.17. The Labute approximate surface area is 146 Å². The molecular weight excluding hydrogens is 338 g/mol. The Morgan fingerprint density at radius 2 is 1.96 bits per heavy atom. The molecule has 0 bridgehead atoms. The zero-order valence-electron chi connectivity index (χ0n) is 14.1. The van der Waals surface area contributed by atoms with Gasteiger partial charge in [-0.1, -0.05) is 0 Å². The number of aromatic nitrogens is 5. The molecule has 25 heavy (non-hydrogen) atoms. The molecule has 1 unspecified atom stereocenters. The molecule has 8 heteroatoms. The summed E-state index contributed by atoms with van der Waals surface area (Å²) < 4.78 is 18.2. The number of imidazole rings is 2. The minimum Gasteiger partial charge on any atom is -0.496 e. The quantitative estimate of drug-likeness (QED) is 0.587. The summed E-state index contributed by atoms with van der Waals surface area (Å²) in [4.78, 5) is 19.4. The Kier molecular flexibility index (Phi) is 3.76. The lowest BCUT2D eigenvalue weighted by atomic mass is 10.1. The summed E-state index contributed by atoms with van der Waals surface area (Å²) >= 11 is 0. The number of hydrogen-bond donors (Lipinski definition) is 2. The van der Waals surface area contributed by atoms with Gasteiger partial charge in [0.1, 0.15) is 16.8 Å². The highest BCUT2D eigenvalue weighted by molar-refractivity contribution is 7.84. The van der Waals surface area contributed by atoms with Crippen LogP contribution in [0.4, 0.5) is 0 Å². The number of aromatic amines is 2. The summed E-state index contributed by atoms with van der Waals surface area (Å²) in [6.45, 7) is 3.87. The van der Waals surface area contributed by atoms with E-state index in [1.807, 2.05) is 26.0 Å². The fourth-order valence-electron chi connectivity index (χ4n) is 2.97. The fourth-order valence-corrected chi connectivity index (χ4v) is 4.06. The number of H-pyrrole nitrogens is 2. The molecule has 1 aromatic carbocycles. The maximum Gasteiger partial charge on any atom is 0.197 e. The van der Waals surface area contributed by atoms with Crippen LogP contribution >= 0.6 is 0 Å². The summed E-state index contributed by atoms with van der Waals surface area (Å²) in [6.07, 6.45) is 3.37. The Morgan fingerprint density at radius 3 is 2.76 bits per heavy atom. The van der Waals surface area contributed by atoms with Crippen molar-refractivity contribution < 1.29 is 8.95 Å². The van der Waals surface area contributed by atoms with Crippen molar-refractivity contribution in [1.29, 1.82) is 0 Å². The summed E-state index contributed by atoms with van der Waals surface area (Å²) in [7, 11) is 0.282. The predicted octanol–water partition coefficient (Wildman–Crippen LogP) is 2.77. The van der Waals surface area contributed by atoms with Crippen LogP contribution in [0.1, 0.15) is 16.8 Å². The van der Waals surface area contributed by atoms with Crippen molar-refractivity contribution in [3.63, 3.8) is 0 Å². The first-order valence-electron chi connectivity index (χ1n) is 7.77. The highest BCUT2D eigenvalue weighted by Crippen LogP contribution is 2.26. The van der Waals surface area contributed by atoms with Gasteiger partial charge in [0.2, 0.25) is 0 Å². The van der Waals surface area contributed by atoms with Crippen LogP contribution in [0.2, 0.25) is 0 Å². The molecule has 0 spiro atoms. The molecule has 2 N–H and O–H groups in total. The van der Waals surface area contributed by atoms with Gasteiger partial charge in [0.15, 0.2) is 5.16 Å². The van der Waals surface area contributed by atoms with Crippen molar-refractivity contribution in [1.82, 2.24) is 24.9 Å². The van der Waals surface area contributed by atoms with Crippen LogP contribution in [0, 0.1) is 13.8 Å². The molecule has 0 aliphatic carbocycles. The van der Waals surface area contributed by atoms with E-state index in [4.69, 9.17) is 4.74 Å². The van der Waals surface area contributed by atoms with Crippen LogP contribution < -0.4 is 4.74 Å². The smallest absolute Gasteiger partial charge is 0.197 e. The number of methoxy groups -OCH3 is 1. The highest BCUT2D eigenvalue weighted by atomic mass is 32.2. The Hall–Kier alpha value is -2.74. The molecule has 4 rings (SSSR count). The van der Waals surface area contributed by atoms with E-state index < -0.39 is 10.8 Å². The Bertz CT molecular complexity index is 1120. The van der Waals surface area contributed by atoms with Crippen molar-refractivity contribution in [2.24, 2.45) is 0 Å². The van der Waals surface area contributed by atoms with Gasteiger partial charge in [-0.25, -0.2) is 9.97 Å². The number of hydrogen-bond acceptors (Lipinski definition) is 5. The van der Waals surface area contributed by atoms with E-state index in [-0.39, 0.29) is 5.75 Å². The zero-order chi connectivity index (χ0) is 17.6. The summed E-state index contributed by atoms with van der Waals surface area (Å²) in [6, 6.07) is 3.83. The van der Waals surface area contributed by atoms with Gasteiger partial charge < -0.3 is 14.7 Å². The molecule has 1 atom stereocenters. The minimum absolute atomic E-state index is 0.270. The second kappa shape index (κ2) is 5.96. The number of nitrogens with one attached hydrogen (secondary N) is 2. The Morgan fingerprint density at radius 1 is 1.16 bits per heavy atom. The molecule has 3 aromatic heterocycles. The fraction of sp³-hybridized carbons (Fsp3) is 0.235. The van der Waals surface area contributed by atoms with Crippen LogP contribution in [0.3, 0.4) is 0 Å². The van der Waals surface area contributed by atoms with Crippen molar-refractivity contribution in [3.8, 4) is 5.75 Å². The largest absolute Gasteiger partial charge is 0.496 e. The van der Waals surface area contributed by atoms with Crippen LogP contribution in [-0.2, 0) is 16.6 Å². The summed E-state index contributed by atoms with van der Waals surface area (Å²) in [5.74, 6) is 1.05. The van der Waals surface area contributed by atoms with Gasteiger partial charge in [-0.3, -0.25) is 9.19 Å². The second-order valence-electron chi connectivity index (χ2n) is 5.84. The number of rotatable bonds is 4. The summed E-state index contributed by atoms with van der Waals surface area (Å²) in [5.41, 5.74) is 5.80. The van der Waals surface area contributed by atoms with E-state index in [1.165, 1.54) is 0 Å². The molecule has 4 aromatic rings. The molecule has 0 radical (unpaired) electrons. The average Bonchev–Trinajstić information content (AvgIpc) is 3.23. The molecule has 0 aliphatic rings. The molecule has 0 fully saturated rings. The zero-order valence-corrected chi connectivity index (χ0v) is 14.9. The van der Waals surface area contributed by atoms with Crippen molar-refractivity contribution in [3.05, 3.63) is 41.5 Å². The first-order chi connectivity index (χ1) is 12.1. The van der Waals surface area contributed by atoms with Crippen molar-refractivity contribution in [2.45, 2.75) is 24.8 Å². The van der Waals surface area contributed by atoms with Gasteiger partial charge in [-0.2, -0.15) is 0 Å². The third kappa shape index (κ3) is 2.58. The van der Waals surface area contributed by atoms with Crippen molar-refractivity contribution >= 4 is 32.9 Å². The van der Waals surface area contributed by atoms with E-state index in [2.05, 4.69) is 24.9 Å². The molecule has 0 saturated carbocycles. The predicted molar refractivity (Wildman–Crippen MR) is 96.1 cm³/mol. The molecule has 0 amide bonds. The first kappa shape index (κ1) is 15.8. The first-order valence-corrected chi connectivity index (χ1v) is 9.09. The van der Waals surface area contributed by atoms with Gasteiger partial charge in [-0.15, -0.1) is 0 Å². The molecule has 3 heterocycles. The van der Waals surface area contributed by atoms with Crippen LogP contribution in [0.5, 0.6) is 5.75 Å². The summed E-state index contributed by atoms with van der Waals surface area (Å²) in [5, 5.41) is 0.422. The SMILES string of the molecule is COc1c(C)cnc(CS(=O)c2nc3c(ccc4[nH]cnc43)[nH]2)c1C. The van der Waals surface area contributed by atoms with E-state index in [0.717, 1.165) is 39.1 Å². The lowest BCUT2D eigenvalue weighted by Crippen LogP contribution is -2.05. The standard InChI is InChI=1S/C17H17N5O2S/c1-9-6-18-13(10(2)16(9)24-3)7-25(23)17-21-12-5-4-11-14(15(12)22-17)20-8-19-11/h4-6,8H,7H2,1-3H3,(H,19,20)(H,21,22). The normalized spacial score (nSPS) is 12.8. The number of benzene rings is 1. The van der Waals surface area contributed by atoms with Crippen LogP contribution in [0.15, 0.2) is 29.8 Å². The third-order valence-electron chi connectivity index (χ3n) is 4.25. The molecule has 128 valence electrons.